The molecular formula is C8H14O2. The molecule has 0 amide bonds. The zero-order valence-corrected chi connectivity index (χ0v) is 6.29. The Morgan fingerprint density at radius 3 is 2.40 bits per heavy atom. The van der Waals surface area contributed by atoms with E-state index in [9.17, 15) is 0 Å². The molecule has 0 aliphatic rings. The summed E-state index contributed by atoms with van der Waals surface area (Å²) in [7, 11) is 0. The number of hydrogen-bond acceptors (Lipinski definition) is 2. The van der Waals surface area contributed by atoms with Gasteiger partial charge in [-0.2, -0.15) is 0 Å². The molecule has 0 aromatic rings. The van der Waals surface area contributed by atoms with E-state index in [1.807, 2.05) is 6.92 Å². The van der Waals surface area contributed by atoms with Crippen molar-refractivity contribution < 1.29 is 9.84 Å². The second-order valence-corrected chi connectivity index (χ2v) is 2.03. The van der Waals surface area contributed by atoms with Gasteiger partial charge in [-0.15, -0.1) is 13.2 Å². The molecule has 2 nitrogen and oxygen atoms in total. The van der Waals surface area contributed by atoms with Crippen LogP contribution in [-0.4, -0.2) is 23.9 Å². The maximum atomic E-state index is 8.64. The molecule has 1 unspecified atom stereocenters. The molecule has 0 aliphatic carbocycles. The zero-order chi connectivity index (χ0) is 7.98. The normalized spacial score (nSPS) is 15.8. The van der Waals surface area contributed by atoms with Gasteiger partial charge in [-0.25, -0.2) is 0 Å². The van der Waals surface area contributed by atoms with Crippen molar-refractivity contribution in [3.63, 3.8) is 0 Å². The van der Waals surface area contributed by atoms with Crippen molar-refractivity contribution in [2.45, 2.75) is 19.1 Å². The maximum absolute atomic E-state index is 8.64. The van der Waals surface area contributed by atoms with Gasteiger partial charge in [-0.3, -0.25) is 0 Å². The molecule has 1 N–H and O–H groups in total. The molecule has 10 heavy (non-hydrogen) atoms. The molecule has 0 saturated carbocycles. The molecule has 0 aromatic carbocycles. The minimum Gasteiger partial charge on any atom is -0.393 e. The third-order valence-electron chi connectivity index (χ3n) is 1.16. The first kappa shape index (κ1) is 9.40. The lowest BCUT2D eigenvalue weighted by Crippen LogP contribution is -2.19. The van der Waals surface area contributed by atoms with Gasteiger partial charge in [-0.1, -0.05) is 12.2 Å². The summed E-state index contributed by atoms with van der Waals surface area (Å²) in [6.07, 6.45) is 2.94. The first-order valence-electron chi connectivity index (χ1n) is 3.26. The van der Waals surface area contributed by atoms with E-state index in [-0.39, 0.29) is 18.8 Å². The van der Waals surface area contributed by atoms with Gasteiger partial charge < -0.3 is 9.84 Å². The van der Waals surface area contributed by atoms with E-state index in [1.165, 1.54) is 0 Å². The standard InChI is InChI=1S/C8H14O2/c1-4-7(3)10-8(5-2)6-9/h4-5,7-9H,1-2,6H2,3H3/t7?,8-/m1/s1. The molecule has 2 atom stereocenters. The van der Waals surface area contributed by atoms with E-state index in [1.54, 1.807) is 12.2 Å². The Labute approximate surface area is 61.8 Å². The van der Waals surface area contributed by atoms with Gasteiger partial charge in [0.15, 0.2) is 0 Å². The Hall–Kier alpha value is -0.600. The van der Waals surface area contributed by atoms with Crippen LogP contribution in [-0.2, 0) is 4.74 Å². The molecule has 58 valence electrons. The van der Waals surface area contributed by atoms with Crippen molar-refractivity contribution in [2.24, 2.45) is 0 Å². The van der Waals surface area contributed by atoms with Gasteiger partial charge in [0.05, 0.1) is 18.8 Å². The van der Waals surface area contributed by atoms with Crippen LogP contribution in [0.1, 0.15) is 6.92 Å². The molecular weight excluding hydrogens is 128 g/mol. The lowest BCUT2D eigenvalue weighted by molar-refractivity contribution is 0.0173. The van der Waals surface area contributed by atoms with E-state index in [0.29, 0.717) is 0 Å². The zero-order valence-electron chi connectivity index (χ0n) is 6.29. The van der Waals surface area contributed by atoms with Crippen LogP contribution >= 0.6 is 0 Å². The molecule has 0 saturated heterocycles. The molecule has 0 fully saturated rings. The van der Waals surface area contributed by atoms with Crippen LogP contribution in [0.25, 0.3) is 0 Å². The van der Waals surface area contributed by atoms with E-state index >= 15 is 0 Å². The highest BCUT2D eigenvalue weighted by Crippen LogP contribution is 1.98. The van der Waals surface area contributed by atoms with Crippen LogP contribution in [0.3, 0.4) is 0 Å². The fraction of sp³-hybridized carbons (Fsp3) is 0.500. The average Bonchev–Trinajstić information content (AvgIpc) is 1.99. The van der Waals surface area contributed by atoms with Gasteiger partial charge in [0.1, 0.15) is 0 Å². The molecule has 0 radical (unpaired) electrons. The second kappa shape index (κ2) is 5.21. The molecule has 0 aliphatic heterocycles. The third kappa shape index (κ3) is 3.43. The number of rotatable bonds is 5. The summed E-state index contributed by atoms with van der Waals surface area (Å²) in [5, 5.41) is 8.64. The first-order chi connectivity index (χ1) is 4.74. The van der Waals surface area contributed by atoms with Crippen molar-refractivity contribution >= 4 is 0 Å². The van der Waals surface area contributed by atoms with Crippen molar-refractivity contribution in [1.82, 2.24) is 0 Å². The van der Waals surface area contributed by atoms with Crippen LogP contribution in [0.4, 0.5) is 0 Å². The number of hydrogen-bond donors (Lipinski definition) is 1. The Bertz CT molecular complexity index is 110. The summed E-state index contributed by atoms with van der Waals surface area (Å²) in [6.45, 7) is 8.88. The second-order valence-electron chi connectivity index (χ2n) is 2.03. The topological polar surface area (TPSA) is 29.5 Å². The van der Waals surface area contributed by atoms with Crippen molar-refractivity contribution in [2.75, 3.05) is 6.61 Å². The van der Waals surface area contributed by atoms with Gasteiger partial charge >= 0.3 is 0 Å². The van der Waals surface area contributed by atoms with Gasteiger partial charge in [0.2, 0.25) is 0 Å². The minimum absolute atomic E-state index is 0.0261. The fourth-order valence-corrected chi connectivity index (χ4v) is 0.504. The van der Waals surface area contributed by atoms with Crippen molar-refractivity contribution in [1.29, 1.82) is 0 Å². The van der Waals surface area contributed by atoms with Crippen LogP contribution in [0.15, 0.2) is 25.3 Å². The Morgan fingerprint density at radius 2 is 2.10 bits per heavy atom. The third-order valence-corrected chi connectivity index (χ3v) is 1.16. The first-order valence-corrected chi connectivity index (χ1v) is 3.26. The van der Waals surface area contributed by atoms with E-state index in [2.05, 4.69) is 13.2 Å². The average molecular weight is 142 g/mol. The van der Waals surface area contributed by atoms with Gasteiger partial charge in [0.25, 0.3) is 0 Å². The highest BCUT2D eigenvalue weighted by Gasteiger charge is 2.04. The maximum Gasteiger partial charge on any atom is 0.0991 e. The highest BCUT2D eigenvalue weighted by molar-refractivity contribution is 4.83. The molecule has 0 heterocycles. The number of ether oxygens (including phenoxy) is 1. The van der Waals surface area contributed by atoms with E-state index < -0.39 is 0 Å². The predicted molar refractivity (Wildman–Crippen MR) is 41.8 cm³/mol. The summed E-state index contributed by atoms with van der Waals surface area (Å²) in [6, 6.07) is 0. The molecule has 0 rings (SSSR count). The van der Waals surface area contributed by atoms with Crippen LogP contribution in [0.2, 0.25) is 0 Å². The van der Waals surface area contributed by atoms with Crippen molar-refractivity contribution in [3.8, 4) is 0 Å². The molecule has 0 bridgehead atoms. The quantitative estimate of drug-likeness (QED) is 0.583. The predicted octanol–water partition coefficient (Wildman–Crippen LogP) is 1.12. The molecule has 0 spiro atoms. The Kier molecular flexibility index (Phi) is 4.89. The summed E-state index contributed by atoms with van der Waals surface area (Å²) >= 11 is 0. The monoisotopic (exact) mass is 142 g/mol. The minimum atomic E-state index is -0.270. The van der Waals surface area contributed by atoms with E-state index in [4.69, 9.17) is 9.84 Å². The smallest absolute Gasteiger partial charge is 0.0991 e. The SMILES string of the molecule is C=CC(C)O[C@H](C=C)CO. The summed E-state index contributed by atoms with van der Waals surface area (Å²) < 4.78 is 5.21. The van der Waals surface area contributed by atoms with E-state index in [0.717, 1.165) is 0 Å². The highest BCUT2D eigenvalue weighted by atomic mass is 16.5. The molecule has 2 heteroatoms. The number of aliphatic hydroxyl groups is 1. The van der Waals surface area contributed by atoms with Gasteiger partial charge in [0, 0.05) is 0 Å². The molecule has 0 aromatic heterocycles. The summed E-state index contributed by atoms with van der Waals surface area (Å²) in [5.41, 5.74) is 0. The lowest BCUT2D eigenvalue weighted by Gasteiger charge is -2.13. The fourth-order valence-electron chi connectivity index (χ4n) is 0.504. The van der Waals surface area contributed by atoms with Crippen LogP contribution in [0.5, 0.6) is 0 Å². The van der Waals surface area contributed by atoms with Gasteiger partial charge in [-0.05, 0) is 6.92 Å². The summed E-state index contributed by atoms with van der Waals surface area (Å²) in [5.74, 6) is 0. The number of aliphatic hydroxyl groups excluding tert-OH is 1. The van der Waals surface area contributed by atoms with Crippen LogP contribution in [0, 0.1) is 0 Å². The Morgan fingerprint density at radius 1 is 1.50 bits per heavy atom. The largest absolute Gasteiger partial charge is 0.393 e. The van der Waals surface area contributed by atoms with Crippen molar-refractivity contribution in [3.05, 3.63) is 25.3 Å². The van der Waals surface area contributed by atoms with Crippen LogP contribution < -0.4 is 0 Å². The Balaban J connectivity index is 3.61. The summed E-state index contributed by atoms with van der Waals surface area (Å²) in [4.78, 5) is 0. The lowest BCUT2D eigenvalue weighted by atomic mass is 10.3.